The maximum Gasteiger partial charge on any atom is 0.156 e. The van der Waals surface area contributed by atoms with Gasteiger partial charge in [0, 0.05) is 18.3 Å². The van der Waals surface area contributed by atoms with Crippen LogP contribution < -0.4 is 0 Å². The first-order valence-electron chi connectivity index (χ1n) is 11.6. The van der Waals surface area contributed by atoms with Gasteiger partial charge in [-0.05, 0) is 99.7 Å². The van der Waals surface area contributed by atoms with Crippen LogP contribution >= 0.6 is 0 Å². The molecule has 4 aliphatic carbocycles. The van der Waals surface area contributed by atoms with Crippen molar-refractivity contribution in [1.82, 2.24) is 9.55 Å². The Labute approximate surface area is 169 Å². The fourth-order valence-corrected chi connectivity index (χ4v) is 8.28. The predicted molar refractivity (Wildman–Crippen MR) is 108 cm³/mol. The van der Waals surface area contributed by atoms with Crippen molar-refractivity contribution < 1.29 is 9.90 Å². The molecule has 4 heteroatoms. The van der Waals surface area contributed by atoms with E-state index in [1.807, 2.05) is 17.7 Å². The van der Waals surface area contributed by atoms with Crippen molar-refractivity contribution in [1.29, 1.82) is 0 Å². The van der Waals surface area contributed by atoms with E-state index in [4.69, 9.17) is 0 Å². The quantitative estimate of drug-likeness (QED) is 0.836. The second-order valence-corrected chi connectivity index (χ2v) is 11.1. The molecule has 0 aromatic carbocycles. The van der Waals surface area contributed by atoms with Crippen LogP contribution in [0.15, 0.2) is 18.7 Å². The van der Waals surface area contributed by atoms with Gasteiger partial charge >= 0.3 is 0 Å². The smallest absolute Gasteiger partial charge is 0.156 e. The van der Waals surface area contributed by atoms with Gasteiger partial charge in [0.05, 0.1) is 18.5 Å². The van der Waals surface area contributed by atoms with Crippen LogP contribution in [0, 0.1) is 40.9 Å². The number of aliphatic hydroxyl groups is 1. The van der Waals surface area contributed by atoms with E-state index in [1.165, 1.54) is 38.5 Å². The van der Waals surface area contributed by atoms with Crippen LogP contribution in [-0.2, 0) is 11.3 Å². The van der Waals surface area contributed by atoms with E-state index in [2.05, 4.69) is 11.9 Å². The summed E-state index contributed by atoms with van der Waals surface area (Å²) in [4.78, 5) is 17.3. The number of ketones is 1. The van der Waals surface area contributed by atoms with Gasteiger partial charge in [-0.2, -0.15) is 0 Å². The number of carbonyl (C=O) groups is 1. The van der Waals surface area contributed by atoms with E-state index in [0.29, 0.717) is 12.3 Å². The van der Waals surface area contributed by atoms with Gasteiger partial charge in [-0.15, -0.1) is 0 Å². The standard InChI is InChI=1S/C24H36N2O2/c1-23(28)9-7-17-16(13-23)3-4-19-18(17)8-10-24(2)20(19)5-6-21(24)22(27)14-26-12-11-25-15-26/h11-12,15-21,28H,3-10,13-14H2,1-2H3/t16-,17-,18?,19?,20?,21+,23+,24-/m0/s1. The molecule has 0 bridgehead atoms. The Morgan fingerprint density at radius 3 is 2.68 bits per heavy atom. The van der Waals surface area contributed by atoms with Crippen LogP contribution in [-0.4, -0.2) is 26.0 Å². The van der Waals surface area contributed by atoms with Crippen LogP contribution in [0.5, 0.6) is 0 Å². The molecule has 4 nitrogen and oxygen atoms in total. The zero-order valence-electron chi connectivity index (χ0n) is 17.5. The molecule has 0 aliphatic heterocycles. The molecule has 3 unspecified atom stereocenters. The number of Topliss-reactive ketones (excluding diaryl/α,β-unsaturated/α-hetero) is 1. The van der Waals surface area contributed by atoms with Gasteiger partial charge in [0.2, 0.25) is 0 Å². The summed E-state index contributed by atoms with van der Waals surface area (Å²) in [6.07, 6.45) is 16.1. The van der Waals surface area contributed by atoms with Gasteiger partial charge in [-0.25, -0.2) is 4.98 Å². The summed E-state index contributed by atoms with van der Waals surface area (Å²) in [5.74, 6) is 4.59. The van der Waals surface area contributed by atoms with Gasteiger partial charge in [0.1, 0.15) is 0 Å². The molecule has 0 radical (unpaired) electrons. The highest BCUT2D eigenvalue weighted by Crippen LogP contribution is 2.64. The number of hydrogen-bond donors (Lipinski definition) is 1. The van der Waals surface area contributed by atoms with Crippen molar-refractivity contribution in [3.8, 4) is 0 Å². The minimum atomic E-state index is -0.435. The largest absolute Gasteiger partial charge is 0.390 e. The van der Waals surface area contributed by atoms with E-state index >= 15 is 0 Å². The first-order valence-corrected chi connectivity index (χ1v) is 11.6. The molecule has 5 rings (SSSR count). The molecule has 154 valence electrons. The fourth-order valence-electron chi connectivity index (χ4n) is 8.28. The zero-order chi connectivity index (χ0) is 19.5. The first kappa shape index (κ1) is 18.8. The highest BCUT2D eigenvalue weighted by Gasteiger charge is 2.58. The lowest BCUT2D eigenvalue weighted by molar-refractivity contribution is -0.132. The lowest BCUT2D eigenvalue weighted by Gasteiger charge is -2.56. The van der Waals surface area contributed by atoms with Crippen molar-refractivity contribution in [2.75, 3.05) is 0 Å². The minimum Gasteiger partial charge on any atom is -0.390 e. The van der Waals surface area contributed by atoms with Crippen molar-refractivity contribution in [2.24, 2.45) is 40.9 Å². The number of hydrogen-bond acceptors (Lipinski definition) is 3. The van der Waals surface area contributed by atoms with E-state index < -0.39 is 5.60 Å². The summed E-state index contributed by atoms with van der Waals surface area (Å²) >= 11 is 0. The van der Waals surface area contributed by atoms with Crippen LogP contribution in [0.25, 0.3) is 0 Å². The average molecular weight is 385 g/mol. The van der Waals surface area contributed by atoms with Gasteiger partial charge in [0.25, 0.3) is 0 Å². The monoisotopic (exact) mass is 384 g/mol. The van der Waals surface area contributed by atoms with Crippen molar-refractivity contribution in [2.45, 2.75) is 83.8 Å². The Kier molecular flexibility index (Phi) is 4.50. The highest BCUT2D eigenvalue weighted by molar-refractivity contribution is 5.82. The van der Waals surface area contributed by atoms with Crippen molar-refractivity contribution >= 4 is 5.78 Å². The van der Waals surface area contributed by atoms with Gasteiger partial charge in [0.15, 0.2) is 5.78 Å². The molecular formula is C24H36N2O2. The molecule has 4 aliphatic rings. The first-order chi connectivity index (χ1) is 13.4. The number of rotatable bonds is 3. The topological polar surface area (TPSA) is 55.1 Å². The van der Waals surface area contributed by atoms with Crippen LogP contribution in [0.3, 0.4) is 0 Å². The summed E-state index contributed by atoms with van der Waals surface area (Å²) in [5.41, 5.74) is -0.235. The third-order valence-electron chi connectivity index (χ3n) is 9.52. The van der Waals surface area contributed by atoms with Crippen molar-refractivity contribution in [3.63, 3.8) is 0 Å². The molecule has 1 aromatic rings. The molecule has 1 N–H and O–H groups in total. The van der Waals surface area contributed by atoms with Crippen LogP contribution in [0.4, 0.5) is 0 Å². The van der Waals surface area contributed by atoms with Gasteiger partial charge in [-0.3, -0.25) is 4.79 Å². The average Bonchev–Trinajstić information content (AvgIpc) is 3.27. The fraction of sp³-hybridized carbons (Fsp3) is 0.833. The van der Waals surface area contributed by atoms with Gasteiger partial charge in [-0.1, -0.05) is 6.92 Å². The van der Waals surface area contributed by atoms with Crippen LogP contribution in [0.1, 0.15) is 71.6 Å². The molecule has 4 fully saturated rings. The molecular weight excluding hydrogens is 348 g/mol. The maximum absolute atomic E-state index is 13.2. The number of aromatic nitrogens is 2. The molecule has 4 saturated carbocycles. The third kappa shape index (κ3) is 2.98. The summed E-state index contributed by atoms with van der Waals surface area (Å²) in [5, 5.41) is 10.6. The Morgan fingerprint density at radius 1 is 1.07 bits per heavy atom. The Hall–Kier alpha value is -1.16. The summed E-state index contributed by atoms with van der Waals surface area (Å²) in [6.45, 7) is 4.97. The maximum atomic E-state index is 13.2. The number of imidazole rings is 1. The summed E-state index contributed by atoms with van der Waals surface area (Å²) < 4.78 is 1.93. The van der Waals surface area contributed by atoms with Crippen LogP contribution in [0.2, 0.25) is 0 Å². The molecule has 1 heterocycles. The molecule has 28 heavy (non-hydrogen) atoms. The minimum absolute atomic E-state index is 0.200. The Morgan fingerprint density at radius 2 is 1.89 bits per heavy atom. The Bertz CT molecular complexity index is 727. The molecule has 0 amide bonds. The van der Waals surface area contributed by atoms with Crippen molar-refractivity contribution in [3.05, 3.63) is 18.7 Å². The normalized spacial score (nSPS) is 47.8. The lowest BCUT2D eigenvalue weighted by Crippen LogP contribution is -2.51. The number of nitrogens with zero attached hydrogens (tertiary/aromatic N) is 2. The summed E-state index contributed by atoms with van der Waals surface area (Å²) in [7, 11) is 0. The number of fused-ring (bicyclic) bond motifs is 5. The zero-order valence-corrected chi connectivity index (χ0v) is 17.5. The lowest BCUT2D eigenvalue weighted by atomic mass is 9.49. The van der Waals surface area contributed by atoms with Gasteiger partial charge < -0.3 is 9.67 Å². The molecule has 0 spiro atoms. The second kappa shape index (κ2) is 6.68. The SMILES string of the molecule is C[C@@]1(O)CC[C@@H]2C3CC[C@@]4(C)C(CC[C@@H]4C(=O)Cn4ccnc4)C3CC[C@H]2C1. The highest BCUT2D eigenvalue weighted by atomic mass is 16.3. The molecule has 0 saturated heterocycles. The number of carbonyl (C=O) groups excluding carboxylic acids is 1. The molecule has 1 aromatic heterocycles. The van der Waals surface area contributed by atoms with E-state index in [0.717, 1.165) is 48.9 Å². The summed E-state index contributed by atoms with van der Waals surface area (Å²) in [6, 6.07) is 0. The van der Waals surface area contributed by atoms with E-state index in [1.54, 1.807) is 12.5 Å². The van der Waals surface area contributed by atoms with E-state index in [9.17, 15) is 9.90 Å². The second-order valence-electron chi connectivity index (χ2n) is 11.1. The molecule has 8 atom stereocenters. The Balaban J connectivity index is 1.32. The third-order valence-corrected chi connectivity index (χ3v) is 9.52. The van der Waals surface area contributed by atoms with E-state index in [-0.39, 0.29) is 11.3 Å². The predicted octanol–water partition coefficient (Wildman–Crippen LogP) is 4.47.